The third-order valence-corrected chi connectivity index (χ3v) is 6.13. The first-order valence-electron chi connectivity index (χ1n) is 6.59. The highest BCUT2D eigenvalue weighted by atomic mass is 32.2. The van der Waals surface area contributed by atoms with Gasteiger partial charge < -0.3 is 5.32 Å². The zero-order valence-electron chi connectivity index (χ0n) is 12.2. The molecule has 0 saturated heterocycles. The number of thiophene rings is 1. The molecule has 2 aromatic rings. The molecule has 2 heterocycles. The number of hydrogen-bond donors (Lipinski definition) is 2. The van der Waals surface area contributed by atoms with Crippen LogP contribution in [0.4, 0.5) is 0 Å². The number of thiazole rings is 1. The predicted molar refractivity (Wildman–Crippen MR) is 87.2 cm³/mol. The van der Waals surface area contributed by atoms with Crippen LogP contribution in [0.2, 0.25) is 0 Å². The van der Waals surface area contributed by atoms with Gasteiger partial charge in [0.2, 0.25) is 10.0 Å². The third kappa shape index (κ3) is 4.58. The summed E-state index contributed by atoms with van der Waals surface area (Å²) in [5.41, 5.74) is 0.748. The van der Waals surface area contributed by atoms with Crippen molar-refractivity contribution in [3.8, 4) is 0 Å². The summed E-state index contributed by atoms with van der Waals surface area (Å²) in [7, 11) is -3.50. The van der Waals surface area contributed by atoms with E-state index in [0.29, 0.717) is 17.5 Å². The van der Waals surface area contributed by atoms with Crippen molar-refractivity contribution in [3.05, 3.63) is 32.4 Å². The van der Waals surface area contributed by atoms with Gasteiger partial charge in [0.1, 0.15) is 0 Å². The highest BCUT2D eigenvalue weighted by molar-refractivity contribution is 7.89. The molecular weight excluding hydrogens is 326 g/mol. The lowest BCUT2D eigenvalue weighted by molar-refractivity contribution is 0.571. The minimum atomic E-state index is -3.50. The predicted octanol–water partition coefficient (Wildman–Crippen LogP) is 2.49. The summed E-state index contributed by atoms with van der Waals surface area (Å²) in [5.74, 6) is 0. The number of sulfonamides is 1. The van der Waals surface area contributed by atoms with Gasteiger partial charge in [-0.05, 0) is 18.4 Å². The summed E-state index contributed by atoms with van der Waals surface area (Å²) in [5, 5.41) is 7.85. The molecule has 116 valence electrons. The second kappa shape index (κ2) is 6.97. The summed E-state index contributed by atoms with van der Waals surface area (Å²) in [6, 6.07) is 1.96. The molecule has 0 bridgehead atoms. The van der Waals surface area contributed by atoms with Crippen molar-refractivity contribution in [1.29, 1.82) is 0 Å². The number of aryl methyl sites for hydroxylation is 1. The minimum Gasteiger partial charge on any atom is -0.310 e. The van der Waals surface area contributed by atoms with Gasteiger partial charge in [-0.1, -0.05) is 13.8 Å². The Morgan fingerprint density at radius 1 is 1.29 bits per heavy atom. The van der Waals surface area contributed by atoms with Crippen LogP contribution in [0.15, 0.2) is 21.7 Å². The van der Waals surface area contributed by atoms with Gasteiger partial charge in [0.25, 0.3) is 0 Å². The number of aromatic nitrogens is 1. The molecule has 0 fully saturated rings. The van der Waals surface area contributed by atoms with Crippen molar-refractivity contribution in [2.75, 3.05) is 0 Å². The first-order chi connectivity index (χ1) is 9.88. The van der Waals surface area contributed by atoms with E-state index in [9.17, 15) is 8.42 Å². The van der Waals surface area contributed by atoms with Crippen LogP contribution < -0.4 is 10.0 Å². The molecule has 5 nitrogen and oxygen atoms in total. The molecule has 0 spiro atoms. The van der Waals surface area contributed by atoms with Crippen LogP contribution in [-0.4, -0.2) is 19.4 Å². The second-order valence-electron chi connectivity index (χ2n) is 4.93. The fraction of sp³-hybridized carbons (Fsp3) is 0.462. The second-order valence-corrected chi connectivity index (χ2v) is 8.72. The topological polar surface area (TPSA) is 71.1 Å². The molecule has 2 N–H and O–H groups in total. The molecule has 0 aliphatic heterocycles. The van der Waals surface area contributed by atoms with Crippen LogP contribution in [0.25, 0.3) is 0 Å². The van der Waals surface area contributed by atoms with Crippen LogP contribution >= 0.6 is 22.7 Å². The quantitative estimate of drug-likeness (QED) is 0.809. The van der Waals surface area contributed by atoms with Crippen LogP contribution in [0, 0.1) is 6.92 Å². The lowest BCUT2D eigenvalue weighted by Crippen LogP contribution is -2.26. The summed E-state index contributed by atoms with van der Waals surface area (Å²) in [4.78, 5) is 5.44. The van der Waals surface area contributed by atoms with Gasteiger partial charge in [0.05, 0.1) is 22.1 Å². The largest absolute Gasteiger partial charge is 0.310 e. The van der Waals surface area contributed by atoms with Gasteiger partial charge in [0, 0.05) is 22.8 Å². The van der Waals surface area contributed by atoms with E-state index in [2.05, 4.69) is 15.0 Å². The highest BCUT2D eigenvalue weighted by Gasteiger charge is 2.19. The van der Waals surface area contributed by atoms with Crippen LogP contribution in [0.5, 0.6) is 0 Å². The molecule has 21 heavy (non-hydrogen) atoms. The maximum absolute atomic E-state index is 12.4. The number of nitrogens with one attached hydrogen (secondary N) is 2. The molecule has 0 aliphatic rings. The van der Waals surface area contributed by atoms with Gasteiger partial charge in [-0.3, -0.25) is 0 Å². The van der Waals surface area contributed by atoms with E-state index in [1.165, 1.54) is 22.7 Å². The van der Waals surface area contributed by atoms with E-state index in [4.69, 9.17) is 0 Å². The first kappa shape index (κ1) is 16.6. The van der Waals surface area contributed by atoms with Crippen LogP contribution in [0.1, 0.15) is 29.4 Å². The highest BCUT2D eigenvalue weighted by Crippen LogP contribution is 2.22. The number of nitrogens with zero attached hydrogens (tertiary/aromatic N) is 1. The zero-order valence-corrected chi connectivity index (χ0v) is 14.7. The Bertz CT molecular complexity index is 689. The van der Waals surface area contributed by atoms with Gasteiger partial charge in [0.15, 0.2) is 0 Å². The Hall–Kier alpha value is -0.800. The summed E-state index contributed by atoms with van der Waals surface area (Å²) >= 11 is 2.96. The number of hydrogen-bond acceptors (Lipinski definition) is 6. The molecule has 8 heteroatoms. The normalized spacial score (nSPS) is 12.2. The Morgan fingerprint density at radius 3 is 2.67 bits per heavy atom. The average Bonchev–Trinajstić information content (AvgIpc) is 3.03. The van der Waals surface area contributed by atoms with Crippen molar-refractivity contribution >= 4 is 32.7 Å². The molecular formula is C13H19N3O2S3. The molecule has 0 aliphatic carbocycles. The van der Waals surface area contributed by atoms with Gasteiger partial charge >= 0.3 is 0 Å². The Balaban J connectivity index is 2.07. The molecule has 0 aromatic carbocycles. The molecule has 0 atom stereocenters. The van der Waals surface area contributed by atoms with E-state index in [-0.39, 0.29) is 6.54 Å². The Labute approximate surface area is 133 Å². The lowest BCUT2D eigenvalue weighted by atomic mass is 10.4. The van der Waals surface area contributed by atoms with E-state index in [1.54, 1.807) is 11.4 Å². The molecule has 0 amide bonds. The molecule has 0 unspecified atom stereocenters. The fourth-order valence-corrected chi connectivity index (χ4v) is 4.73. The average molecular weight is 346 g/mol. The van der Waals surface area contributed by atoms with Gasteiger partial charge in [-0.25, -0.2) is 18.1 Å². The SMILES string of the molecule is Cc1nc(CNS(=O)(=O)c2ccsc2CNC(C)C)cs1. The van der Waals surface area contributed by atoms with E-state index >= 15 is 0 Å². The lowest BCUT2D eigenvalue weighted by Gasteiger charge is -2.09. The maximum Gasteiger partial charge on any atom is 0.242 e. The van der Waals surface area contributed by atoms with Gasteiger partial charge in [-0.2, -0.15) is 0 Å². The van der Waals surface area contributed by atoms with E-state index < -0.39 is 10.0 Å². The maximum atomic E-state index is 12.4. The monoisotopic (exact) mass is 345 g/mol. The summed E-state index contributed by atoms with van der Waals surface area (Å²) in [6.07, 6.45) is 0. The zero-order chi connectivity index (χ0) is 15.5. The molecule has 0 radical (unpaired) electrons. The van der Waals surface area contributed by atoms with Crippen molar-refractivity contribution in [2.45, 2.75) is 44.8 Å². The number of rotatable bonds is 7. The van der Waals surface area contributed by atoms with Crippen LogP contribution in [0.3, 0.4) is 0 Å². The van der Waals surface area contributed by atoms with E-state index in [1.807, 2.05) is 26.2 Å². The van der Waals surface area contributed by atoms with Crippen molar-refractivity contribution < 1.29 is 8.42 Å². The van der Waals surface area contributed by atoms with Gasteiger partial charge in [-0.15, -0.1) is 22.7 Å². The van der Waals surface area contributed by atoms with Crippen molar-refractivity contribution in [2.24, 2.45) is 0 Å². The standard InChI is InChI=1S/C13H19N3O2S3/c1-9(2)14-7-12-13(4-5-19-12)21(17,18)15-6-11-8-20-10(3)16-11/h4-5,8-9,14-15H,6-7H2,1-3H3. The minimum absolute atomic E-state index is 0.222. The van der Waals surface area contributed by atoms with Crippen molar-refractivity contribution in [1.82, 2.24) is 15.0 Å². The summed E-state index contributed by atoms with van der Waals surface area (Å²) < 4.78 is 27.4. The summed E-state index contributed by atoms with van der Waals surface area (Å²) in [6.45, 7) is 6.74. The molecule has 0 saturated carbocycles. The molecule has 2 aromatic heterocycles. The van der Waals surface area contributed by atoms with Crippen LogP contribution in [-0.2, 0) is 23.1 Å². The Kier molecular flexibility index (Phi) is 5.50. The smallest absolute Gasteiger partial charge is 0.242 e. The third-order valence-electron chi connectivity index (χ3n) is 2.77. The first-order valence-corrected chi connectivity index (χ1v) is 9.83. The molecule has 2 rings (SSSR count). The van der Waals surface area contributed by atoms with E-state index in [0.717, 1.165) is 15.6 Å². The Morgan fingerprint density at radius 2 is 2.05 bits per heavy atom. The van der Waals surface area contributed by atoms with Crippen molar-refractivity contribution in [3.63, 3.8) is 0 Å². The fourth-order valence-electron chi connectivity index (χ4n) is 1.73.